The van der Waals surface area contributed by atoms with E-state index < -0.39 is 12.1 Å². The molecule has 0 aromatic heterocycles. The van der Waals surface area contributed by atoms with Crippen LogP contribution in [0, 0.1) is 0 Å². The average molecular weight is 446 g/mol. The molecular formula is C20H36FN5O5. The maximum atomic E-state index is 12.5. The van der Waals surface area contributed by atoms with Gasteiger partial charge in [-0.2, -0.15) is 4.39 Å². The quantitative estimate of drug-likeness (QED) is 0.179. The minimum Gasteiger partial charge on any atom is -0.356 e. The number of hydrogen-bond acceptors (Lipinski definition) is 6. The van der Waals surface area contributed by atoms with Crippen molar-refractivity contribution in [2.75, 3.05) is 32.7 Å². The van der Waals surface area contributed by atoms with E-state index in [4.69, 9.17) is 5.73 Å². The van der Waals surface area contributed by atoms with Crippen molar-refractivity contribution in [2.45, 2.75) is 64.8 Å². The number of nitrogens with zero attached hydrogens (tertiary/aromatic N) is 1. The molecule has 0 saturated heterocycles. The van der Waals surface area contributed by atoms with E-state index in [1.54, 1.807) is 13.8 Å². The molecule has 10 nitrogen and oxygen atoms in total. The first kappa shape index (κ1) is 28.4. The highest BCUT2D eigenvalue weighted by molar-refractivity contribution is 5.84. The summed E-state index contributed by atoms with van der Waals surface area (Å²) >= 11 is 0. The topological polar surface area (TPSA) is 151 Å². The maximum Gasteiger partial charge on any atom is 0.318 e. The highest BCUT2D eigenvalue weighted by Crippen LogP contribution is 2.01. The van der Waals surface area contributed by atoms with E-state index in [-0.39, 0.29) is 69.1 Å². The number of carbonyl (C=O) groups excluding carboxylic acids is 5. The number of rotatable bonds is 17. The third-order valence-corrected chi connectivity index (χ3v) is 4.52. The van der Waals surface area contributed by atoms with E-state index in [0.717, 1.165) is 0 Å². The second-order valence-electron chi connectivity index (χ2n) is 7.04. The van der Waals surface area contributed by atoms with E-state index in [1.165, 1.54) is 4.90 Å². The van der Waals surface area contributed by atoms with Crippen LogP contribution in [0.25, 0.3) is 0 Å². The molecule has 178 valence electrons. The molecule has 0 saturated carbocycles. The van der Waals surface area contributed by atoms with Gasteiger partial charge in [-0.3, -0.25) is 24.0 Å². The number of hydrogen-bond donors (Lipinski definition) is 4. The molecule has 0 aliphatic rings. The Labute approximate surface area is 182 Å². The maximum absolute atomic E-state index is 12.5. The largest absolute Gasteiger partial charge is 0.356 e. The summed E-state index contributed by atoms with van der Waals surface area (Å²) in [7, 11) is 0. The van der Waals surface area contributed by atoms with Gasteiger partial charge in [0.15, 0.2) is 0 Å². The third kappa shape index (κ3) is 15.0. The summed E-state index contributed by atoms with van der Waals surface area (Å²) in [6.07, 6.45) is 1.93. The predicted molar refractivity (Wildman–Crippen MR) is 113 cm³/mol. The molecule has 0 aliphatic carbocycles. The van der Waals surface area contributed by atoms with Gasteiger partial charge in [0.2, 0.25) is 23.6 Å². The first-order valence-corrected chi connectivity index (χ1v) is 10.7. The predicted octanol–water partition coefficient (Wildman–Crippen LogP) is -0.242. The van der Waals surface area contributed by atoms with Crippen LogP contribution in [0.3, 0.4) is 0 Å². The molecule has 0 aliphatic heterocycles. The van der Waals surface area contributed by atoms with E-state index in [1.807, 2.05) is 0 Å². The van der Waals surface area contributed by atoms with Gasteiger partial charge in [-0.1, -0.05) is 13.8 Å². The molecule has 0 spiro atoms. The number of nitrogens with two attached hydrogens (primary N) is 1. The van der Waals surface area contributed by atoms with Crippen molar-refractivity contribution in [3.8, 4) is 0 Å². The Morgan fingerprint density at radius 1 is 0.806 bits per heavy atom. The van der Waals surface area contributed by atoms with Crippen LogP contribution in [0.2, 0.25) is 0 Å². The van der Waals surface area contributed by atoms with Crippen molar-refractivity contribution in [3.05, 3.63) is 0 Å². The van der Waals surface area contributed by atoms with E-state index in [0.29, 0.717) is 32.2 Å². The van der Waals surface area contributed by atoms with Crippen LogP contribution in [0.15, 0.2) is 0 Å². The molecule has 0 aromatic carbocycles. The zero-order chi connectivity index (χ0) is 23.6. The molecule has 4 amide bonds. The Kier molecular flexibility index (Phi) is 15.7. The van der Waals surface area contributed by atoms with Crippen LogP contribution in [0.1, 0.15) is 58.8 Å². The van der Waals surface area contributed by atoms with Gasteiger partial charge in [0.1, 0.15) is 0 Å². The molecule has 0 rings (SSSR count). The zero-order valence-electron chi connectivity index (χ0n) is 18.5. The first-order chi connectivity index (χ1) is 14.7. The summed E-state index contributed by atoms with van der Waals surface area (Å²) in [6, 6.07) is -2.67. The van der Waals surface area contributed by atoms with Crippen LogP contribution >= 0.6 is 0 Å². The van der Waals surface area contributed by atoms with Gasteiger partial charge in [0.25, 0.3) is 0 Å². The van der Waals surface area contributed by atoms with Gasteiger partial charge in [0, 0.05) is 58.4 Å². The summed E-state index contributed by atoms with van der Waals surface area (Å²) in [4.78, 5) is 59.1. The van der Waals surface area contributed by atoms with Gasteiger partial charge >= 0.3 is 6.04 Å². The van der Waals surface area contributed by atoms with Gasteiger partial charge in [-0.15, -0.1) is 0 Å². The van der Waals surface area contributed by atoms with Crippen LogP contribution in [-0.4, -0.2) is 73.3 Å². The monoisotopic (exact) mass is 445 g/mol. The summed E-state index contributed by atoms with van der Waals surface area (Å²) < 4.78 is 12.3. The van der Waals surface area contributed by atoms with Crippen molar-refractivity contribution >= 4 is 29.7 Å². The average Bonchev–Trinajstić information content (AvgIpc) is 2.75. The second kappa shape index (κ2) is 17.2. The zero-order valence-corrected chi connectivity index (χ0v) is 18.5. The second-order valence-corrected chi connectivity index (χ2v) is 7.04. The van der Waals surface area contributed by atoms with Crippen molar-refractivity contribution in [1.29, 1.82) is 0 Å². The Hall–Kier alpha value is -2.56. The lowest BCUT2D eigenvalue weighted by molar-refractivity contribution is -0.134. The summed E-state index contributed by atoms with van der Waals surface area (Å²) in [6.45, 7) is 4.93. The molecule has 0 bridgehead atoms. The molecular weight excluding hydrogens is 409 g/mol. The molecule has 0 radical (unpaired) electrons. The fourth-order valence-corrected chi connectivity index (χ4v) is 2.57. The van der Waals surface area contributed by atoms with Crippen LogP contribution in [0.5, 0.6) is 0 Å². The van der Waals surface area contributed by atoms with Crippen molar-refractivity contribution in [2.24, 2.45) is 5.73 Å². The molecule has 31 heavy (non-hydrogen) atoms. The highest BCUT2D eigenvalue weighted by atomic mass is 19.1. The Morgan fingerprint density at radius 3 is 1.81 bits per heavy atom. The number of unbranched alkanes of at least 4 members (excludes halogenated alkanes) is 1. The van der Waals surface area contributed by atoms with Gasteiger partial charge in [0.05, 0.1) is 6.04 Å². The molecule has 11 heteroatoms. The number of amides is 4. The van der Waals surface area contributed by atoms with E-state index in [2.05, 4.69) is 16.0 Å². The lowest BCUT2D eigenvalue weighted by Crippen LogP contribution is -2.42. The number of nitrogens with one attached hydrogen (secondary N) is 3. The smallest absolute Gasteiger partial charge is 0.318 e. The fourth-order valence-electron chi connectivity index (χ4n) is 2.57. The number of halogens is 1. The SMILES string of the molecule is CCC(=O)NCCN(CCNC(=O)CC)C(=O)CCC(=O)NCCCCC(N)C(=O)F. The number of carbonyl (C=O) groups is 5. The Morgan fingerprint density at radius 2 is 1.32 bits per heavy atom. The van der Waals surface area contributed by atoms with Crippen molar-refractivity contribution in [3.63, 3.8) is 0 Å². The van der Waals surface area contributed by atoms with Crippen LogP contribution < -0.4 is 21.7 Å². The van der Waals surface area contributed by atoms with Crippen LogP contribution in [0.4, 0.5) is 4.39 Å². The fraction of sp³-hybridized carbons (Fsp3) is 0.750. The lowest BCUT2D eigenvalue weighted by Gasteiger charge is -2.23. The molecule has 1 atom stereocenters. The molecule has 0 aromatic rings. The third-order valence-electron chi connectivity index (χ3n) is 4.52. The lowest BCUT2D eigenvalue weighted by atomic mass is 10.1. The molecule has 1 unspecified atom stereocenters. The van der Waals surface area contributed by atoms with Crippen LogP contribution in [-0.2, 0) is 24.0 Å². The van der Waals surface area contributed by atoms with Crippen molar-refractivity contribution in [1.82, 2.24) is 20.9 Å². The Bertz CT molecular complexity index is 581. The Balaban J connectivity index is 4.31. The summed E-state index contributed by atoms with van der Waals surface area (Å²) in [5, 5.41) is 8.06. The van der Waals surface area contributed by atoms with E-state index in [9.17, 15) is 28.4 Å². The highest BCUT2D eigenvalue weighted by Gasteiger charge is 2.16. The van der Waals surface area contributed by atoms with Crippen molar-refractivity contribution < 1.29 is 28.4 Å². The van der Waals surface area contributed by atoms with Gasteiger partial charge < -0.3 is 26.6 Å². The van der Waals surface area contributed by atoms with E-state index >= 15 is 0 Å². The minimum atomic E-state index is -1.55. The standard InChI is InChI=1S/C20H36FN5O5/c1-3-16(27)24-11-13-26(14-12-25-17(28)4-2)19(30)9-8-18(29)23-10-6-5-7-15(22)20(21)31/h15H,3-14,22H2,1-2H3,(H,23,29)(H,24,27)(H,25,28). The summed E-state index contributed by atoms with van der Waals surface area (Å²) in [5.41, 5.74) is 5.29. The van der Waals surface area contributed by atoms with Gasteiger partial charge in [-0.25, -0.2) is 0 Å². The molecule has 0 heterocycles. The first-order valence-electron chi connectivity index (χ1n) is 10.7. The normalized spacial score (nSPS) is 11.4. The summed E-state index contributed by atoms with van der Waals surface area (Å²) in [5.74, 6) is -0.789. The van der Waals surface area contributed by atoms with Gasteiger partial charge in [-0.05, 0) is 19.3 Å². The minimum absolute atomic E-state index is 0.000448. The molecule has 5 N–H and O–H groups in total. The molecule has 0 fully saturated rings.